The Morgan fingerprint density at radius 2 is 1.37 bits per heavy atom. The normalized spacial score (nSPS) is 18.0. The van der Waals surface area contributed by atoms with E-state index >= 15 is 4.39 Å². The fourth-order valence-corrected chi connectivity index (χ4v) is 7.85. The highest BCUT2D eigenvalue weighted by molar-refractivity contribution is 5.90. The first kappa shape index (κ1) is 32.6. The first-order chi connectivity index (χ1) is 25.1. The number of likely N-dealkylation sites (tertiary alicyclic amines) is 1. The van der Waals surface area contributed by atoms with Crippen LogP contribution in [0.4, 0.5) is 15.0 Å². The summed E-state index contributed by atoms with van der Waals surface area (Å²) < 4.78 is 17.4. The van der Waals surface area contributed by atoms with Crippen molar-refractivity contribution in [3.05, 3.63) is 138 Å². The Kier molecular flexibility index (Phi) is 9.13. The highest BCUT2D eigenvalue weighted by atomic mass is 19.1. The first-order valence-electron chi connectivity index (χ1n) is 18.0. The van der Waals surface area contributed by atoms with Crippen molar-refractivity contribution in [2.45, 2.75) is 62.6 Å². The van der Waals surface area contributed by atoms with Gasteiger partial charge in [-0.05, 0) is 73.8 Å². The monoisotopic (exact) mass is 680 g/mol. The summed E-state index contributed by atoms with van der Waals surface area (Å²) in [6, 6.07) is 34.7. The lowest BCUT2D eigenvalue weighted by Gasteiger charge is -2.36. The van der Waals surface area contributed by atoms with Gasteiger partial charge in [0.2, 0.25) is 0 Å². The average molecular weight is 681 g/mol. The zero-order chi connectivity index (χ0) is 34.6. The van der Waals surface area contributed by atoms with E-state index in [0.717, 1.165) is 67.3 Å². The van der Waals surface area contributed by atoms with Crippen molar-refractivity contribution in [2.75, 3.05) is 18.4 Å². The molecule has 3 aromatic heterocycles. The summed E-state index contributed by atoms with van der Waals surface area (Å²) in [5.41, 5.74) is 3.25. The Labute approximate surface area is 297 Å². The van der Waals surface area contributed by atoms with Gasteiger partial charge in [0, 0.05) is 31.4 Å². The summed E-state index contributed by atoms with van der Waals surface area (Å²) in [5.74, 6) is -0.114. The predicted octanol–water partition coefficient (Wildman–Crippen LogP) is 7.79. The highest BCUT2D eigenvalue weighted by Crippen LogP contribution is 2.43. The molecular formula is C41H41FN8O. The number of halogens is 1. The van der Waals surface area contributed by atoms with Crippen molar-refractivity contribution in [2.24, 2.45) is 0 Å². The van der Waals surface area contributed by atoms with Gasteiger partial charge in [0.15, 0.2) is 23.1 Å². The number of hydrogen-bond acceptors (Lipinski definition) is 6. The number of hydrogen-bond donors (Lipinski definition) is 2. The molecule has 4 heterocycles. The molecule has 2 amide bonds. The molecule has 0 radical (unpaired) electrons. The summed E-state index contributed by atoms with van der Waals surface area (Å²) in [6.45, 7) is 1.61. The molecule has 2 fully saturated rings. The van der Waals surface area contributed by atoms with E-state index in [1.54, 1.807) is 6.20 Å². The van der Waals surface area contributed by atoms with Crippen LogP contribution in [0.3, 0.4) is 0 Å². The molecule has 6 aromatic rings. The lowest BCUT2D eigenvalue weighted by atomic mass is 9.77. The van der Waals surface area contributed by atoms with Crippen molar-refractivity contribution in [3.63, 3.8) is 0 Å². The number of fused-ring (bicyclic) bond motifs is 1. The lowest BCUT2D eigenvalue weighted by molar-refractivity contribution is 0.178. The summed E-state index contributed by atoms with van der Waals surface area (Å²) in [4.78, 5) is 29.0. The minimum atomic E-state index is -0.911. The van der Waals surface area contributed by atoms with Gasteiger partial charge in [0.05, 0.1) is 11.6 Å². The number of urea groups is 1. The Hall–Kier alpha value is -5.64. The SMILES string of the molecule is O=C(N[C@@H]1CCC[C@H](Nc2nc(-c3nn(C(c4ccccc4)(c4ccccc4)c4ccccc4)c4ncccc34)ncc2F)C1)N1CCCCC1. The largest absolute Gasteiger partial charge is 0.365 e. The van der Waals surface area contributed by atoms with Crippen LogP contribution in [0.1, 0.15) is 61.6 Å². The molecule has 1 aliphatic carbocycles. The number of rotatable bonds is 8. The van der Waals surface area contributed by atoms with Gasteiger partial charge in [-0.3, -0.25) is 0 Å². The maximum absolute atomic E-state index is 15.5. The zero-order valence-electron chi connectivity index (χ0n) is 28.5. The summed E-state index contributed by atoms with van der Waals surface area (Å²) >= 11 is 0. The average Bonchev–Trinajstić information content (AvgIpc) is 3.58. The number of piperidine rings is 1. The van der Waals surface area contributed by atoms with Gasteiger partial charge in [-0.15, -0.1) is 0 Å². The van der Waals surface area contributed by atoms with Gasteiger partial charge in [0.25, 0.3) is 0 Å². The minimum absolute atomic E-state index is 0.00418. The summed E-state index contributed by atoms with van der Waals surface area (Å²) in [5, 5.41) is 12.6. The molecule has 3 aromatic carbocycles. The molecule has 9 nitrogen and oxygen atoms in total. The van der Waals surface area contributed by atoms with E-state index in [1.165, 1.54) is 12.6 Å². The predicted molar refractivity (Wildman–Crippen MR) is 197 cm³/mol. The van der Waals surface area contributed by atoms with Gasteiger partial charge >= 0.3 is 6.03 Å². The Morgan fingerprint density at radius 3 is 2.02 bits per heavy atom. The highest BCUT2D eigenvalue weighted by Gasteiger charge is 2.41. The molecule has 51 heavy (non-hydrogen) atoms. The van der Waals surface area contributed by atoms with Crippen LogP contribution in [-0.2, 0) is 5.54 Å². The molecule has 1 saturated heterocycles. The number of carbonyl (C=O) groups is 1. The molecule has 0 spiro atoms. The molecule has 2 atom stereocenters. The van der Waals surface area contributed by atoms with Gasteiger partial charge in [-0.2, -0.15) is 5.10 Å². The number of pyridine rings is 1. The van der Waals surface area contributed by atoms with E-state index in [-0.39, 0.29) is 23.9 Å². The van der Waals surface area contributed by atoms with Crippen LogP contribution in [0.15, 0.2) is 116 Å². The van der Waals surface area contributed by atoms with Crippen LogP contribution >= 0.6 is 0 Å². The molecular weight excluding hydrogens is 640 g/mol. The van der Waals surface area contributed by atoms with Gasteiger partial charge in [-0.25, -0.2) is 28.8 Å². The third-order valence-corrected chi connectivity index (χ3v) is 10.3. The molecule has 8 rings (SSSR count). The number of aromatic nitrogens is 5. The fourth-order valence-electron chi connectivity index (χ4n) is 7.85. The molecule has 2 N–H and O–H groups in total. The Morgan fingerprint density at radius 1 is 0.745 bits per heavy atom. The molecule has 1 saturated carbocycles. The van der Waals surface area contributed by atoms with Gasteiger partial charge in [-0.1, -0.05) is 91.0 Å². The topological polar surface area (TPSA) is 101 Å². The Bertz CT molecular complexity index is 2000. The second-order valence-electron chi connectivity index (χ2n) is 13.5. The van der Waals surface area contributed by atoms with Crippen LogP contribution in [0.2, 0.25) is 0 Å². The van der Waals surface area contributed by atoms with Crippen LogP contribution in [-0.4, -0.2) is 60.8 Å². The van der Waals surface area contributed by atoms with Crippen molar-refractivity contribution >= 4 is 22.9 Å². The maximum Gasteiger partial charge on any atom is 0.317 e. The Balaban J connectivity index is 1.18. The second-order valence-corrected chi connectivity index (χ2v) is 13.5. The number of nitrogens with zero attached hydrogens (tertiary/aromatic N) is 6. The number of carbonyl (C=O) groups excluding carboxylic acids is 1. The van der Waals surface area contributed by atoms with Crippen molar-refractivity contribution < 1.29 is 9.18 Å². The first-order valence-corrected chi connectivity index (χ1v) is 18.0. The van der Waals surface area contributed by atoms with Crippen molar-refractivity contribution in [1.82, 2.24) is 34.9 Å². The molecule has 1 aliphatic heterocycles. The van der Waals surface area contributed by atoms with Crippen LogP contribution < -0.4 is 10.6 Å². The van der Waals surface area contributed by atoms with Crippen LogP contribution in [0.5, 0.6) is 0 Å². The zero-order valence-corrected chi connectivity index (χ0v) is 28.5. The number of amides is 2. The number of nitrogens with one attached hydrogen (secondary N) is 2. The smallest absolute Gasteiger partial charge is 0.317 e. The molecule has 258 valence electrons. The van der Waals surface area contributed by atoms with E-state index < -0.39 is 11.4 Å². The molecule has 0 unspecified atom stereocenters. The number of benzene rings is 3. The molecule has 10 heteroatoms. The van der Waals surface area contributed by atoms with Crippen molar-refractivity contribution in [3.8, 4) is 11.5 Å². The van der Waals surface area contributed by atoms with E-state index in [2.05, 4.69) is 52.0 Å². The minimum Gasteiger partial charge on any atom is -0.365 e. The van der Waals surface area contributed by atoms with E-state index in [0.29, 0.717) is 23.6 Å². The molecule has 2 aliphatic rings. The van der Waals surface area contributed by atoms with Crippen LogP contribution in [0.25, 0.3) is 22.6 Å². The number of anilines is 1. The lowest BCUT2D eigenvalue weighted by Crippen LogP contribution is -2.49. The van der Waals surface area contributed by atoms with Gasteiger partial charge < -0.3 is 15.5 Å². The van der Waals surface area contributed by atoms with Crippen molar-refractivity contribution in [1.29, 1.82) is 0 Å². The van der Waals surface area contributed by atoms with E-state index in [4.69, 9.17) is 15.1 Å². The summed E-state index contributed by atoms with van der Waals surface area (Å²) in [6.07, 6.45) is 9.60. The third-order valence-electron chi connectivity index (χ3n) is 10.3. The quantitative estimate of drug-likeness (QED) is 0.159. The van der Waals surface area contributed by atoms with Crippen LogP contribution in [0, 0.1) is 5.82 Å². The van der Waals surface area contributed by atoms with Gasteiger partial charge in [0.1, 0.15) is 11.2 Å². The van der Waals surface area contributed by atoms with E-state index in [9.17, 15) is 4.79 Å². The summed E-state index contributed by atoms with van der Waals surface area (Å²) in [7, 11) is 0. The molecule has 0 bridgehead atoms. The second kappa shape index (κ2) is 14.3. The van der Waals surface area contributed by atoms with E-state index in [1.807, 2.05) is 76.3 Å². The third kappa shape index (κ3) is 6.30. The fraction of sp³-hybridized carbons (Fsp3) is 0.293. The maximum atomic E-state index is 15.5. The standard InChI is InChI=1S/C41H41FN8O/c42-35-28-44-38(47-37(35)45-32-21-13-22-33(27-32)46-40(51)49-25-11-4-12-26-49)36-34-23-14-24-43-39(34)50(48-36)41(29-15-5-1-6-16-29,30-17-7-2-8-18-30)31-19-9-3-10-20-31/h1-3,5-10,14-20,23-24,28,32-33H,4,11-13,21-22,25-27H2,(H,46,51)(H,44,45,47)/t32-,33+/m0/s1.